The van der Waals surface area contributed by atoms with Crippen LogP contribution in [0.15, 0.2) is 42.5 Å². The van der Waals surface area contributed by atoms with Crippen LogP contribution in [-0.2, 0) is 14.9 Å². The molecule has 1 aliphatic carbocycles. The van der Waals surface area contributed by atoms with E-state index in [1.54, 1.807) is 0 Å². The molecule has 1 saturated carbocycles. The van der Waals surface area contributed by atoms with Crippen LogP contribution < -0.4 is 14.8 Å². The normalized spacial score (nSPS) is 20.1. The molecule has 2 N–H and O–H groups in total. The molecular weight excluding hydrogens is 470 g/mol. The fourth-order valence-electron chi connectivity index (χ4n) is 5.42. The first-order chi connectivity index (χ1) is 17.7. The third-order valence-electron chi connectivity index (χ3n) is 7.50. The van der Waals surface area contributed by atoms with E-state index in [4.69, 9.17) is 14.2 Å². The maximum atomic E-state index is 13.4. The van der Waals surface area contributed by atoms with Crippen molar-refractivity contribution in [3.63, 3.8) is 0 Å². The summed E-state index contributed by atoms with van der Waals surface area (Å²) in [5, 5.41) is 4.13. The molecule has 1 aromatic heterocycles. The Morgan fingerprint density at radius 1 is 1.08 bits per heavy atom. The third-order valence-corrected chi connectivity index (χ3v) is 7.50. The minimum absolute atomic E-state index is 0. The summed E-state index contributed by atoms with van der Waals surface area (Å²) in [5.74, 6) is 1.41. The minimum Gasteiger partial charge on any atom is -0.454 e. The van der Waals surface area contributed by atoms with Gasteiger partial charge in [-0.25, -0.2) is 4.79 Å². The van der Waals surface area contributed by atoms with Gasteiger partial charge in [0.15, 0.2) is 11.5 Å². The zero-order valence-corrected chi connectivity index (χ0v) is 21.6. The van der Waals surface area contributed by atoms with Crippen molar-refractivity contribution >= 4 is 28.6 Å². The van der Waals surface area contributed by atoms with Crippen molar-refractivity contribution in [2.24, 2.45) is 0 Å². The lowest BCUT2D eigenvalue weighted by Crippen LogP contribution is -2.42. The second-order valence-electron chi connectivity index (χ2n) is 11.3. The highest BCUT2D eigenvalue weighted by atomic mass is 16.7. The average molecular weight is 506 g/mol. The van der Waals surface area contributed by atoms with Crippen LogP contribution in [0.25, 0.3) is 10.9 Å². The number of nitrogens with one attached hydrogen (secondary N) is 2. The highest BCUT2D eigenvalue weighted by Crippen LogP contribution is 2.51. The Hall–Kier alpha value is -3.68. The molecule has 3 heterocycles. The number of rotatable bonds is 4. The van der Waals surface area contributed by atoms with Crippen LogP contribution in [0, 0.1) is 0 Å². The fourth-order valence-corrected chi connectivity index (χ4v) is 5.42. The van der Waals surface area contributed by atoms with Crippen molar-refractivity contribution < 1.29 is 25.2 Å². The summed E-state index contributed by atoms with van der Waals surface area (Å²) < 4.78 is 16.6. The Morgan fingerprint density at radius 2 is 1.89 bits per heavy atom. The van der Waals surface area contributed by atoms with E-state index in [-0.39, 0.29) is 26.3 Å². The molecule has 2 aliphatic heterocycles. The number of hydrogen-bond donors (Lipinski definition) is 2. The summed E-state index contributed by atoms with van der Waals surface area (Å²) in [6, 6.07) is 13.7. The number of likely N-dealkylation sites (tertiary alicyclic amines) is 1. The molecule has 2 fully saturated rings. The Kier molecular flexibility index (Phi) is 5.58. The monoisotopic (exact) mass is 505 g/mol. The Labute approximate surface area is 217 Å². The number of ether oxygens (including phenoxy) is 3. The van der Waals surface area contributed by atoms with E-state index in [2.05, 4.69) is 16.4 Å². The number of aromatic amines is 1. The quantitative estimate of drug-likeness (QED) is 0.436. The predicted octanol–water partition coefficient (Wildman–Crippen LogP) is 6.28. The summed E-state index contributed by atoms with van der Waals surface area (Å²) in [4.78, 5) is 31.6. The molecule has 2 aromatic carbocycles. The second kappa shape index (κ2) is 8.71. The van der Waals surface area contributed by atoms with Crippen molar-refractivity contribution in [3.05, 3.63) is 53.7 Å². The standard InChI is InChI=1S/C29H33N3O5.H2/c1-28(2,3)37-27(34)32-13-5-4-6-23(32)22-15-18-14-20(8-9-21(18)31-22)30-26(33)29(11-12-29)19-7-10-24-25(16-19)36-17-35-24;/h7-10,14-16,23,31H,4-6,11-13,17H2,1-3H3,(H,30,33);1H. The Balaban J connectivity index is 0.00000294. The number of carbonyl (C=O) groups is 2. The van der Waals surface area contributed by atoms with E-state index in [0.29, 0.717) is 12.3 Å². The molecule has 0 bridgehead atoms. The van der Waals surface area contributed by atoms with Gasteiger partial charge in [0, 0.05) is 30.3 Å². The number of amides is 2. The first kappa shape index (κ1) is 23.7. The van der Waals surface area contributed by atoms with Crippen molar-refractivity contribution in [1.82, 2.24) is 9.88 Å². The fraction of sp³-hybridized carbons (Fsp3) is 0.448. The molecule has 0 radical (unpaired) electrons. The molecule has 2 amide bonds. The van der Waals surface area contributed by atoms with Gasteiger partial charge in [-0.15, -0.1) is 0 Å². The van der Waals surface area contributed by atoms with Crippen LogP contribution in [0.5, 0.6) is 11.5 Å². The summed E-state index contributed by atoms with van der Waals surface area (Å²) in [5.41, 5.74) is 2.60. The highest BCUT2D eigenvalue weighted by Gasteiger charge is 2.51. The minimum atomic E-state index is -0.536. The van der Waals surface area contributed by atoms with Crippen molar-refractivity contribution in [1.29, 1.82) is 0 Å². The predicted molar refractivity (Wildman–Crippen MR) is 142 cm³/mol. The van der Waals surface area contributed by atoms with Gasteiger partial charge in [-0.05, 0) is 94.8 Å². The Bertz CT molecular complexity index is 1370. The van der Waals surface area contributed by atoms with Gasteiger partial charge in [-0.2, -0.15) is 0 Å². The van der Waals surface area contributed by atoms with E-state index >= 15 is 0 Å². The van der Waals surface area contributed by atoms with Gasteiger partial charge in [0.1, 0.15) is 5.60 Å². The first-order valence-electron chi connectivity index (χ1n) is 13.1. The van der Waals surface area contributed by atoms with E-state index in [0.717, 1.165) is 65.7 Å². The average Bonchev–Trinajstić information content (AvgIpc) is 3.35. The van der Waals surface area contributed by atoms with Crippen LogP contribution in [0.4, 0.5) is 10.5 Å². The van der Waals surface area contributed by atoms with E-state index in [1.165, 1.54) is 0 Å². The summed E-state index contributed by atoms with van der Waals surface area (Å²) in [6.45, 7) is 6.56. The number of fused-ring (bicyclic) bond motifs is 2. The van der Waals surface area contributed by atoms with Crippen LogP contribution in [0.1, 0.15) is 71.6 Å². The highest BCUT2D eigenvalue weighted by molar-refractivity contribution is 6.02. The number of benzene rings is 2. The van der Waals surface area contributed by atoms with Crippen molar-refractivity contribution in [2.75, 3.05) is 18.7 Å². The maximum Gasteiger partial charge on any atom is 0.410 e. The lowest BCUT2D eigenvalue weighted by Gasteiger charge is -2.36. The van der Waals surface area contributed by atoms with Crippen molar-refractivity contribution in [3.8, 4) is 11.5 Å². The van der Waals surface area contributed by atoms with E-state index < -0.39 is 11.0 Å². The number of nitrogens with zero attached hydrogens (tertiary/aromatic N) is 1. The molecule has 1 unspecified atom stereocenters. The molecule has 196 valence electrons. The largest absolute Gasteiger partial charge is 0.454 e. The molecule has 6 rings (SSSR count). The third kappa shape index (κ3) is 4.49. The van der Waals surface area contributed by atoms with Gasteiger partial charge in [0.05, 0.1) is 11.5 Å². The number of hydrogen-bond acceptors (Lipinski definition) is 5. The second-order valence-corrected chi connectivity index (χ2v) is 11.3. The number of aromatic nitrogens is 1. The molecule has 3 aliphatic rings. The van der Waals surface area contributed by atoms with E-state index in [9.17, 15) is 9.59 Å². The van der Waals surface area contributed by atoms with Crippen molar-refractivity contribution in [2.45, 2.75) is 69.9 Å². The van der Waals surface area contributed by atoms with Gasteiger partial charge in [0.25, 0.3) is 0 Å². The van der Waals surface area contributed by atoms with Gasteiger partial charge in [0.2, 0.25) is 12.7 Å². The SMILES string of the molecule is CC(C)(C)OC(=O)N1CCCCC1c1cc2cc(NC(=O)C3(c4ccc5c(c4)OCO5)CC3)ccc2[nH]1.[HH]. The molecule has 8 nitrogen and oxygen atoms in total. The number of piperidine rings is 1. The van der Waals surface area contributed by atoms with Crippen LogP contribution in [0.2, 0.25) is 0 Å². The van der Waals surface area contributed by atoms with E-state index in [1.807, 2.05) is 62.1 Å². The van der Waals surface area contributed by atoms with Gasteiger partial charge >= 0.3 is 6.09 Å². The summed E-state index contributed by atoms with van der Waals surface area (Å²) in [6.07, 6.45) is 4.24. The molecule has 1 atom stereocenters. The lowest BCUT2D eigenvalue weighted by atomic mass is 9.94. The number of H-pyrrole nitrogens is 1. The smallest absolute Gasteiger partial charge is 0.410 e. The molecule has 8 heteroatoms. The topological polar surface area (TPSA) is 92.9 Å². The maximum absolute atomic E-state index is 13.4. The molecule has 37 heavy (non-hydrogen) atoms. The molecule has 0 spiro atoms. The summed E-state index contributed by atoms with van der Waals surface area (Å²) in [7, 11) is 0. The molecular formula is C29H35N3O5. The van der Waals surface area contributed by atoms with Gasteiger partial charge < -0.3 is 24.5 Å². The van der Waals surface area contributed by atoms with Gasteiger partial charge in [-0.3, -0.25) is 9.69 Å². The first-order valence-corrected chi connectivity index (χ1v) is 13.1. The number of carbonyl (C=O) groups excluding carboxylic acids is 2. The van der Waals surface area contributed by atoms with Crippen LogP contribution in [0.3, 0.4) is 0 Å². The van der Waals surface area contributed by atoms with Crippen LogP contribution >= 0.6 is 0 Å². The zero-order valence-electron chi connectivity index (χ0n) is 21.6. The lowest BCUT2D eigenvalue weighted by molar-refractivity contribution is -0.118. The zero-order chi connectivity index (χ0) is 25.8. The molecule has 1 saturated heterocycles. The number of anilines is 1. The summed E-state index contributed by atoms with van der Waals surface area (Å²) >= 11 is 0. The Morgan fingerprint density at radius 3 is 2.68 bits per heavy atom. The van der Waals surface area contributed by atoms with Gasteiger partial charge in [-0.1, -0.05) is 6.07 Å². The van der Waals surface area contributed by atoms with Crippen LogP contribution in [-0.4, -0.2) is 40.8 Å². The molecule has 3 aromatic rings.